The molecule has 0 radical (unpaired) electrons. The van der Waals surface area contributed by atoms with Crippen LogP contribution in [0.5, 0.6) is 5.75 Å². The fourth-order valence-electron chi connectivity index (χ4n) is 3.55. The molecule has 2 saturated heterocycles. The molecule has 2 aliphatic heterocycles. The molecule has 1 unspecified atom stereocenters. The number of anilines is 1. The first-order valence-corrected chi connectivity index (χ1v) is 8.29. The standard InChI is InChI=1S/C17H23F2N3O2/c1-24-15-5-3-2-4-13(15)22-7-6-14(17(22)23)21-10-8-20(9-11-21)12-16(18)19/h2-5,14,16H,6-12H2,1H3. The van der Waals surface area contributed by atoms with Crippen LogP contribution < -0.4 is 9.64 Å². The second kappa shape index (κ2) is 7.44. The van der Waals surface area contributed by atoms with Crippen LogP contribution in [-0.4, -0.2) is 74.6 Å². The topological polar surface area (TPSA) is 36.0 Å². The number of methoxy groups -OCH3 is 1. The van der Waals surface area contributed by atoms with Gasteiger partial charge in [-0.25, -0.2) is 8.78 Å². The zero-order valence-corrected chi connectivity index (χ0v) is 13.8. The van der Waals surface area contributed by atoms with E-state index in [-0.39, 0.29) is 18.5 Å². The third-order valence-electron chi connectivity index (χ3n) is 4.80. The number of hydrogen-bond acceptors (Lipinski definition) is 4. The zero-order chi connectivity index (χ0) is 17.1. The molecule has 7 heteroatoms. The van der Waals surface area contributed by atoms with E-state index in [1.54, 1.807) is 16.9 Å². The number of rotatable bonds is 5. The first kappa shape index (κ1) is 17.1. The number of para-hydroxylation sites is 2. The van der Waals surface area contributed by atoms with E-state index in [4.69, 9.17) is 4.74 Å². The van der Waals surface area contributed by atoms with Crippen LogP contribution in [0.1, 0.15) is 6.42 Å². The van der Waals surface area contributed by atoms with Gasteiger partial charge in [0.1, 0.15) is 5.75 Å². The third kappa shape index (κ3) is 3.52. The summed E-state index contributed by atoms with van der Waals surface area (Å²) in [5, 5.41) is 0. The quantitative estimate of drug-likeness (QED) is 0.818. The fraction of sp³-hybridized carbons (Fsp3) is 0.588. The van der Waals surface area contributed by atoms with E-state index in [2.05, 4.69) is 4.90 Å². The van der Waals surface area contributed by atoms with Gasteiger partial charge in [-0.1, -0.05) is 12.1 Å². The van der Waals surface area contributed by atoms with Gasteiger partial charge in [0.2, 0.25) is 5.91 Å². The number of piperazine rings is 1. The van der Waals surface area contributed by atoms with Crippen molar-refractivity contribution >= 4 is 11.6 Å². The average Bonchev–Trinajstić information content (AvgIpc) is 2.96. The van der Waals surface area contributed by atoms with E-state index >= 15 is 0 Å². The molecule has 1 aromatic rings. The van der Waals surface area contributed by atoms with Crippen LogP contribution in [-0.2, 0) is 4.79 Å². The minimum Gasteiger partial charge on any atom is -0.495 e. The van der Waals surface area contributed by atoms with Gasteiger partial charge in [-0.2, -0.15) is 0 Å². The number of alkyl halides is 2. The highest BCUT2D eigenvalue weighted by Gasteiger charge is 2.38. The summed E-state index contributed by atoms with van der Waals surface area (Å²) in [5.74, 6) is 0.759. The first-order chi connectivity index (χ1) is 11.6. The lowest BCUT2D eigenvalue weighted by atomic mass is 10.2. The van der Waals surface area contributed by atoms with Crippen molar-refractivity contribution in [2.24, 2.45) is 0 Å². The molecule has 2 heterocycles. The van der Waals surface area contributed by atoms with Crippen LogP contribution >= 0.6 is 0 Å². The number of halogens is 2. The van der Waals surface area contributed by atoms with Gasteiger partial charge in [0, 0.05) is 32.7 Å². The number of ether oxygens (including phenoxy) is 1. The second-order valence-electron chi connectivity index (χ2n) is 6.19. The van der Waals surface area contributed by atoms with Gasteiger partial charge >= 0.3 is 0 Å². The number of carbonyl (C=O) groups excluding carboxylic acids is 1. The van der Waals surface area contributed by atoms with Crippen molar-refractivity contribution in [3.05, 3.63) is 24.3 Å². The Balaban J connectivity index is 1.63. The van der Waals surface area contributed by atoms with E-state index in [0.717, 1.165) is 12.1 Å². The number of benzene rings is 1. The fourth-order valence-corrected chi connectivity index (χ4v) is 3.55. The Labute approximate surface area is 140 Å². The maximum Gasteiger partial charge on any atom is 0.251 e. The van der Waals surface area contributed by atoms with Gasteiger partial charge in [-0.3, -0.25) is 14.6 Å². The first-order valence-electron chi connectivity index (χ1n) is 8.29. The molecule has 0 aromatic heterocycles. The smallest absolute Gasteiger partial charge is 0.251 e. The lowest BCUT2D eigenvalue weighted by Gasteiger charge is -2.37. The molecule has 1 amide bonds. The summed E-state index contributed by atoms with van der Waals surface area (Å²) in [5.41, 5.74) is 0.795. The molecule has 3 rings (SSSR count). The summed E-state index contributed by atoms with van der Waals surface area (Å²) in [6, 6.07) is 7.34. The summed E-state index contributed by atoms with van der Waals surface area (Å²) in [7, 11) is 1.60. The lowest BCUT2D eigenvalue weighted by Crippen LogP contribution is -2.53. The highest BCUT2D eigenvalue weighted by Crippen LogP contribution is 2.32. The number of amides is 1. The Kier molecular flexibility index (Phi) is 5.30. The molecular formula is C17H23F2N3O2. The predicted molar refractivity (Wildman–Crippen MR) is 87.8 cm³/mol. The Hall–Kier alpha value is -1.73. The third-order valence-corrected chi connectivity index (χ3v) is 4.80. The van der Waals surface area contributed by atoms with Crippen molar-refractivity contribution in [2.45, 2.75) is 18.9 Å². The minimum atomic E-state index is -2.30. The molecule has 0 aliphatic carbocycles. The van der Waals surface area contributed by atoms with E-state index in [0.29, 0.717) is 38.5 Å². The molecule has 0 N–H and O–H groups in total. The minimum absolute atomic E-state index is 0.0711. The van der Waals surface area contributed by atoms with E-state index in [1.165, 1.54) is 0 Å². The van der Waals surface area contributed by atoms with Crippen LogP contribution in [0.15, 0.2) is 24.3 Å². The van der Waals surface area contributed by atoms with Gasteiger partial charge < -0.3 is 9.64 Å². The predicted octanol–water partition coefficient (Wildman–Crippen LogP) is 1.68. The number of carbonyl (C=O) groups is 1. The summed E-state index contributed by atoms with van der Waals surface area (Å²) in [4.78, 5) is 18.5. The SMILES string of the molecule is COc1ccccc1N1CCC(N2CCN(CC(F)F)CC2)C1=O. The average molecular weight is 339 g/mol. The molecule has 24 heavy (non-hydrogen) atoms. The Morgan fingerprint density at radius 2 is 1.88 bits per heavy atom. The molecule has 2 fully saturated rings. The van der Waals surface area contributed by atoms with E-state index < -0.39 is 6.43 Å². The van der Waals surface area contributed by atoms with Gasteiger partial charge in [-0.15, -0.1) is 0 Å². The highest BCUT2D eigenvalue weighted by molar-refractivity contribution is 6.00. The molecule has 5 nitrogen and oxygen atoms in total. The molecule has 132 valence electrons. The number of nitrogens with zero attached hydrogens (tertiary/aromatic N) is 3. The summed E-state index contributed by atoms with van der Waals surface area (Å²) >= 11 is 0. The van der Waals surface area contributed by atoms with Crippen LogP contribution in [0.25, 0.3) is 0 Å². The monoisotopic (exact) mass is 339 g/mol. The van der Waals surface area contributed by atoms with E-state index in [1.807, 2.05) is 24.3 Å². The van der Waals surface area contributed by atoms with Crippen molar-refractivity contribution in [2.75, 3.05) is 51.3 Å². The van der Waals surface area contributed by atoms with Crippen LogP contribution in [0.2, 0.25) is 0 Å². The summed E-state index contributed by atoms with van der Waals surface area (Å²) in [6.07, 6.45) is -1.54. The highest BCUT2D eigenvalue weighted by atomic mass is 19.3. The van der Waals surface area contributed by atoms with Crippen LogP contribution in [0.4, 0.5) is 14.5 Å². The van der Waals surface area contributed by atoms with Crippen molar-refractivity contribution in [1.82, 2.24) is 9.80 Å². The molecule has 1 atom stereocenters. The van der Waals surface area contributed by atoms with Crippen LogP contribution in [0.3, 0.4) is 0 Å². The summed E-state index contributed by atoms with van der Waals surface area (Å²) in [6.45, 7) is 2.96. The van der Waals surface area contributed by atoms with Gasteiger partial charge in [0.25, 0.3) is 6.43 Å². The molecule has 0 bridgehead atoms. The maximum absolute atomic E-state index is 12.8. The Morgan fingerprint density at radius 3 is 2.54 bits per heavy atom. The Morgan fingerprint density at radius 1 is 1.17 bits per heavy atom. The van der Waals surface area contributed by atoms with Crippen molar-refractivity contribution < 1.29 is 18.3 Å². The molecule has 2 aliphatic rings. The molecular weight excluding hydrogens is 316 g/mol. The second-order valence-corrected chi connectivity index (χ2v) is 6.19. The largest absolute Gasteiger partial charge is 0.495 e. The summed E-state index contributed by atoms with van der Waals surface area (Å²) < 4.78 is 30.3. The number of hydrogen-bond donors (Lipinski definition) is 0. The lowest BCUT2D eigenvalue weighted by molar-refractivity contribution is -0.122. The van der Waals surface area contributed by atoms with Crippen LogP contribution in [0, 0.1) is 0 Å². The van der Waals surface area contributed by atoms with Gasteiger partial charge in [0.15, 0.2) is 0 Å². The Bertz CT molecular complexity index is 577. The maximum atomic E-state index is 12.8. The van der Waals surface area contributed by atoms with Crippen molar-refractivity contribution in [3.8, 4) is 5.75 Å². The molecule has 1 aromatic carbocycles. The molecule has 0 saturated carbocycles. The normalized spacial score (nSPS) is 23.2. The van der Waals surface area contributed by atoms with Gasteiger partial charge in [-0.05, 0) is 18.6 Å². The van der Waals surface area contributed by atoms with Crippen molar-refractivity contribution in [1.29, 1.82) is 0 Å². The van der Waals surface area contributed by atoms with Crippen molar-refractivity contribution in [3.63, 3.8) is 0 Å². The molecule has 0 spiro atoms. The van der Waals surface area contributed by atoms with Gasteiger partial charge in [0.05, 0.1) is 25.4 Å². The van der Waals surface area contributed by atoms with E-state index in [9.17, 15) is 13.6 Å². The zero-order valence-electron chi connectivity index (χ0n) is 13.8.